The standard InChI is InChI=1S/C25H26O7/c1-27-16-30-22-13-19(14-24(26)29-3)25(23(15-22)31-17-28-2)18-9-11-21(12-10-18)32-20-7-5-4-6-8-20/h4-13,15H,14,16-17H2,1-3H3. The second kappa shape index (κ2) is 11.7. The third kappa shape index (κ3) is 6.23. The van der Waals surface area contributed by atoms with Crippen molar-refractivity contribution < 1.29 is 33.2 Å². The molecule has 3 rings (SSSR count). The van der Waals surface area contributed by atoms with E-state index in [2.05, 4.69) is 0 Å². The third-order valence-corrected chi connectivity index (χ3v) is 4.52. The molecule has 3 aromatic carbocycles. The number of methoxy groups -OCH3 is 3. The maximum absolute atomic E-state index is 12.1. The number of benzene rings is 3. The summed E-state index contributed by atoms with van der Waals surface area (Å²) in [6.45, 7) is 0.0971. The molecule has 0 aliphatic heterocycles. The van der Waals surface area contributed by atoms with E-state index in [1.54, 1.807) is 12.1 Å². The van der Waals surface area contributed by atoms with Crippen LogP contribution in [0, 0.1) is 0 Å². The SMILES string of the molecule is COCOc1cc(CC(=O)OC)c(-c2ccc(Oc3ccccc3)cc2)c(OCOC)c1. The van der Waals surface area contributed by atoms with Gasteiger partial charge >= 0.3 is 5.97 Å². The van der Waals surface area contributed by atoms with Crippen molar-refractivity contribution >= 4 is 5.97 Å². The Hall–Kier alpha value is -3.55. The molecule has 0 amide bonds. The Labute approximate surface area is 187 Å². The summed E-state index contributed by atoms with van der Waals surface area (Å²) in [5.74, 6) is 2.07. The van der Waals surface area contributed by atoms with Gasteiger partial charge in [0.05, 0.1) is 13.5 Å². The number of esters is 1. The van der Waals surface area contributed by atoms with Crippen LogP contribution in [0.2, 0.25) is 0 Å². The number of rotatable bonds is 11. The lowest BCUT2D eigenvalue weighted by atomic mass is 9.96. The molecule has 0 atom stereocenters. The Kier molecular flexibility index (Phi) is 8.48. The topological polar surface area (TPSA) is 72.5 Å². The van der Waals surface area contributed by atoms with Crippen LogP contribution in [-0.4, -0.2) is 40.9 Å². The molecule has 0 bridgehead atoms. The monoisotopic (exact) mass is 438 g/mol. The van der Waals surface area contributed by atoms with Crippen molar-refractivity contribution in [2.24, 2.45) is 0 Å². The highest BCUT2D eigenvalue weighted by Gasteiger charge is 2.18. The zero-order valence-corrected chi connectivity index (χ0v) is 18.3. The zero-order chi connectivity index (χ0) is 22.8. The zero-order valence-electron chi connectivity index (χ0n) is 18.3. The average molecular weight is 438 g/mol. The first-order valence-corrected chi connectivity index (χ1v) is 9.95. The Morgan fingerprint density at radius 2 is 1.41 bits per heavy atom. The Morgan fingerprint density at radius 1 is 0.750 bits per heavy atom. The fourth-order valence-electron chi connectivity index (χ4n) is 3.10. The van der Waals surface area contributed by atoms with Crippen molar-refractivity contribution in [1.82, 2.24) is 0 Å². The molecule has 7 nitrogen and oxygen atoms in total. The number of hydrogen-bond acceptors (Lipinski definition) is 7. The number of carbonyl (C=O) groups excluding carboxylic acids is 1. The predicted molar refractivity (Wildman–Crippen MR) is 119 cm³/mol. The van der Waals surface area contributed by atoms with Gasteiger partial charge in [0.1, 0.15) is 23.0 Å². The maximum Gasteiger partial charge on any atom is 0.310 e. The Bertz CT molecular complexity index is 1000. The lowest BCUT2D eigenvalue weighted by Gasteiger charge is -2.18. The molecule has 0 saturated carbocycles. The molecule has 0 aliphatic rings. The molecule has 0 spiro atoms. The molecule has 0 aromatic heterocycles. The van der Waals surface area contributed by atoms with Gasteiger partial charge in [0, 0.05) is 25.8 Å². The molecule has 0 aliphatic carbocycles. The molecular weight excluding hydrogens is 412 g/mol. The fraction of sp³-hybridized carbons (Fsp3) is 0.240. The van der Waals surface area contributed by atoms with Crippen LogP contribution >= 0.6 is 0 Å². The van der Waals surface area contributed by atoms with Crippen molar-refractivity contribution in [3.8, 4) is 34.1 Å². The van der Waals surface area contributed by atoms with E-state index in [1.165, 1.54) is 21.3 Å². The van der Waals surface area contributed by atoms with Crippen LogP contribution in [0.3, 0.4) is 0 Å². The smallest absolute Gasteiger partial charge is 0.310 e. The first-order chi connectivity index (χ1) is 15.6. The summed E-state index contributed by atoms with van der Waals surface area (Å²) >= 11 is 0. The van der Waals surface area contributed by atoms with Gasteiger partial charge in [-0.25, -0.2) is 0 Å². The van der Waals surface area contributed by atoms with E-state index in [-0.39, 0.29) is 26.0 Å². The van der Waals surface area contributed by atoms with Gasteiger partial charge in [0.25, 0.3) is 0 Å². The average Bonchev–Trinajstić information content (AvgIpc) is 2.82. The van der Waals surface area contributed by atoms with Crippen LogP contribution < -0.4 is 14.2 Å². The van der Waals surface area contributed by atoms with Gasteiger partial charge < -0.3 is 28.4 Å². The molecule has 0 heterocycles. The van der Waals surface area contributed by atoms with Crippen molar-refractivity contribution in [3.63, 3.8) is 0 Å². The summed E-state index contributed by atoms with van der Waals surface area (Å²) in [6, 6.07) is 20.6. The van der Waals surface area contributed by atoms with E-state index in [0.29, 0.717) is 22.8 Å². The quantitative estimate of drug-likeness (QED) is 0.314. The summed E-state index contributed by atoms with van der Waals surface area (Å²) in [7, 11) is 4.42. The Balaban J connectivity index is 1.99. The van der Waals surface area contributed by atoms with Crippen LogP contribution in [0.4, 0.5) is 0 Å². The highest BCUT2D eigenvalue weighted by molar-refractivity contribution is 5.82. The largest absolute Gasteiger partial charge is 0.469 e. The molecule has 32 heavy (non-hydrogen) atoms. The minimum atomic E-state index is -0.378. The second-order valence-corrected chi connectivity index (χ2v) is 6.75. The summed E-state index contributed by atoms with van der Waals surface area (Å²) in [4.78, 5) is 12.1. The number of carbonyl (C=O) groups is 1. The van der Waals surface area contributed by atoms with Gasteiger partial charge in [-0.3, -0.25) is 4.79 Å². The van der Waals surface area contributed by atoms with Gasteiger partial charge in [0.15, 0.2) is 13.6 Å². The predicted octanol–water partition coefficient (Wildman–Crippen LogP) is 4.83. The van der Waals surface area contributed by atoms with E-state index < -0.39 is 0 Å². The van der Waals surface area contributed by atoms with Crippen LogP contribution in [0.1, 0.15) is 5.56 Å². The van der Waals surface area contributed by atoms with Crippen LogP contribution in [0.5, 0.6) is 23.0 Å². The molecule has 0 saturated heterocycles. The molecule has 0 fully saturated rings. The van der Waals surface area contributed by atoms with Crippen molar-refractivity contribution in [2.45, 2.75) is 6.42 Å². The van der Waals surface area contributed by atoms with Crippen LogP contribution in [-0.2, 0) is 25.4 Å². The van der Waals surface area contributed by atoms with E-state index >= 15 is 0 Å². The minimum absolute atomic E-state index is 0.0353. The molecule has 0 radical (unpaired) electrons. The number of hydrogen-bond donors (Lipinski definition) is 0. The molecule has 7 heteroatoms. The van der Waals surface area contributed by atoms with E-state index in [0.717, 1.165) is 16.9 Å². The van der Waals surface area contributed by atoms with Crippen LogP contribution in [0.25, 0.3) is 11.1 Å². The van der Waals surface area contributed by atoms with Gasteiger partial charge in [-0.05, 0) is 41.5 Å². The highest BCUT2D eigenvalue weighted by atomic mass is 16.7. The van der Waals surface area contributed by atoms with Crippen molar-refractivity contribution in [2.75, 3.05) is 34.9 Å². The van der Waals surface area contributed by atoms with E-state index in [4.69, 9.17) is 28.4 Å². The van der Waals surface area contributed by atoms with Crippen molar-refractivity contribution in [1.29, 1.82) is 0 Å². The van der Waals surface area contributed by atoms with Gasteiger partial charge in [-0.15, -0.1) is 0 Å². The lowest BCUT2D eigenvalue weighted by molar-refractivity contribution is -0.139. The minimum Gasteiger partial charge on any atom is -0.469 e. The molecular formula is C25H26O7. The third-order valence-electron chi connectivity index (χ3n) is 4.52. The Morgan fingerprint density at radius 3 is 2.06 bits per heavy atom. The van der Waals surface area contributed by atoms with Crippen molar-refractivity contribution in [3.05, 3.63) is 72.3 Å². The first-order valence-electron chi connectivity index (χ1n) is 9.95. The molecule has 3 aromatic rings. The van der Waals surface area contributed by atoms with Gasteiger partial charge in [-0.1, -0.05) is 30.3 Å². The van der Waals surface area contributed by atoms with E-state index in [9.17, 15) is 4.79 Å². The molecule has 0 unspecified atom stereocenters. The van der Waals surface area contributed by atoms with E-state index in [1.807, 2.05) is 54.6 Å². The fourth-order valence-corrected chi connectivity index (χ4v) is 3.10. The number of para-hydroxylation sites is 1. The number of ether oxygens (including phenoxy) is 6. The van der Waals surface area contributed by atoms with Crippen LogP contribution in [0.15, 0.2) is 66.7 Å². The summed E-state index contributed by atoms with van der Waals surface area (Å²) in [6.07, 6.45) is 0.0433. The lowest BCUT2D eigenvalue weighted by Crippen LogP contribution is -2.09. The van der Waals surface area contributed by atoms with Gasteiger partial charge in [0.2, 0.25) is 0 Å². The molecule has 0 N–H and O–H groups in total. The first kappa shape index (κ1) is 23.1. The summed E-state index contributed by atoms with van der Waals surface area (Å²) in [5, 5.41) is 0. The van der Waals surface area contributed by atoms with Gasteiger partial charge in [-0.2, -0.15) is 0 Å². The second-order valence-electron chi connectivity index (χ2n) is 6.75. The summed E-state index contributed by atoms with van der Waals surface area (Å²) < 4.78 is 32.3. The highest BCUT2D eigenvalue weighted by Crippen LogP contribution is 2.39. The molecule has 168 valence electrons. The maximum atomic E-state index is 12.1. The summed E-state index contributed by atoms with van der Waals surface area (Å²) in [5.41, 5.74) is 2.27. The normalized spacial score (nSPS) is 10.5.